The fraction of sp³-hybridized carbons (Fsp3) is 0.190. The van der Waals surface area contributed by atoms with E-state index >= 15 is 0 Å². The molecule has 158 valence electrons. The first-order valence-corrected chi connectivity index (χ1v) is 10.4. The number of hydrogen-bond donors (Lipinski definition) is 1. The van der Waals surface area contributed by atoms with Gasteiger partial charge in [-0.3, -0.25) is 4.79 Å². The van der Waals surface area contributed by atoms with Crippen LogP contribution in [-0.2, 0) is 10.0 Å². The van der Waals surface area contributed by atoms with Crippen molar-refractivity contribution in [3.63, 3.8) is 0 Å². The summed E-state index contributed by atoms with van der Waals surface area (Å²) in [7, 11) is 2.77. The van der Waals surface area contributed by atoms with Crippen molar-refractivity contribution in [2.24, 2.45) is 0 Å². The molecule has 1 aromatic heterocycles. The molecule has 30 heavy (non-hydrogen) atoms. The lowest BCUT2D eigenvalue weighted by molar-refractivity contribution is 0.0997. The van der Waals surface area contributed by atoms with Gasteiger partial charge in [0.05, 0.1) is 16.3 Å². The van der Waals surface area contributed by atoms with Crippen molar-refractivity contribution in [2.75, 3.05) is 38.4 Å². The van der Waals surface area contributed by atoms with E-state index in [9.17, 15) is 17.6 Å². The van der Waals surface area contributed by atoms with E-state index in [2.05, 4.69) is 5.32 Å². The molecule has 0 bridgehead atoms. The number of rotatable bonds is 6. The summed E-state index contributed by atoms with van der Waals surface area (Å²) >= 11 is 0. The van der Waals surface area contributed by atoms with E-state index in [1.54, 1.807) is 43.3 Å². The van der Waals surface area contributed by atoms with Crippen LogP contribution in [0.4, 0.5) is 15.8 Å². The smallest absolute Gasteiger partial charge is 0.291 e. The minimum atomic E-state index is -3.67. The van der Waals surface area contributed by atoms with Gasteiger partial charge in [0.1, 0.15) is 11.6 Å². The number of carbonyl (C=O) groups excluding carboxylic acids is 1. The number of amides is 1. The fourth-order valence-corrected chi connectivity index (χ4v) is 3.72. The van der Waals surface area contributed by atoms with E-state index in [0.29, 0.717) is 22.7 Å². The van der Waals surface area contributed by atoms with Crippen LogP contribution in [0.25, 0.3) is 11.3 Å². The summed E-state index contributed by atoms with van der Waals surface area (Å²) in [6.07, 6.45) is 0. The van der Waals surface area contributed by atoms with Crippen LogP contribution in [0.1, 0.15) is 10.6 Å². The SMILES string of the molecule is CN(C)c1ccc(S(=O)(=O)N(C)C)cc1NC(=O)c1ccc(-c2ccc(F)cc2)o1. The van der Waals surface area contributed by atoms with E-state index in [-0.39, 0.29) is 16.5 Å². The van der Waals surface area contributed by atoms with Gasteiger partial charge in [0.2, 0.25) is 10.0 Å². The molecule has 3 rings (SSSR count). The molecule has 0 unspecified atom stereocenters. The minimum Gasteiger partial charge on any atom is -0.451 e. The second-order valence-electron chi connectivity index (χ2n) is 6.99. The Balaban J connectivity index is 1.91. The fourth-order valence-electron chi connectivity index (χ4n) is 2.79. The summed E-state index contributed by atoms with van der Waals surface area (Å²) in [5.41, 5.74) is 1.59. The zero-order chi connectivity index (χ0) is 22.1. The van der Waals surface area contributed by atoms with Crippen LogP contribution in [0.2, 0.25) is 0 Å². The second kappa shape index (κ2) is 8.29. The van der Waals surface area contributed by atoms with Crippen molar-refractivity contribution in [1.29, 1.82) is 0 Å². The van der Waals surface area contributed by atoms with Crippen molar-refractivity contribution in [2.45, 2.75) is 4.90 Å². The summed E-state index contributed by atoms with van der Waals surface area (Å²) in [5, 5.41) is 2.72. The topological polar surface area (TPSA) is 82.9 Å². The Morgan fingerprint density at radius 1 is 0.967 bits per heavy atom. The van der Waals surface area contributed by atoms with Crippen molar-refractivity contribution >= 4 is 27.3 Å². The third-order valence-electron chi connectivity index (χ3n) is 4.44. The Labute approximate surface area is 174 Å². The molecule has 3 aromatic rings. The predicted octanol–water partition coefficient (Wildman–Crippen LogP) is 3.65. The predicted molar refractivity (Wildman–Crippen MR) is 114 cm³/mol. The number of furan rings is 1. The van der Waals surface area contributed by atoms with E-state index in [4.69, 9.17) is 4.42 Å². The normalized spacial score (nSPS) is 11.5. The lowest BCUT2D eigenvalue weighted by atomic mass is 10.2. The van der Waals surface area contributed by atoms with Gasteiger partial charge >= 0.3 is 0 Å². The number of benzene rings is 2. The van der Waals surface area contributed by atoms with E-state index in [0.717, 1.165) is 4.31 Å². The van der Waals surface area contributed by atoms with Crippen LogP contribution in [-0.4, -0.2) is 46.8 Å². The van der Waals surface area contributed by atoms with Crippen LogP contribution in [0.5, 0.6) is 0 Å². The minimum absolute atomic E-state index is 0.0416. The highest BCUT2D eigenvalue weighted by atomic mass is 32.2. The highest BCUT2D eigenvalue weighted by molar-refractivity contribution is 7.89. The Hall–Kier alpha value is -3.17. The van der Waals surface area contributed by atoms with Crippen molar-refractivity contribution in [3.8, 4) is 11.3 Å². The molecule has 0 saturated heterocycles. The van der Waals surface area contributed by atoms with Gasteiger partial charge in [-0.05, 0) is 54.6 Å². The maximum atomic E-state index is 13.1. The van der Waals surface area contributed by atoms with Gasteiger partial charge in [0.25, 0.3) is 5.91 Å². The molecule has 1 amide bonds. The lowest BCUT2D eigenvalue weighted by Gasteiger charge is -2.20. The first kappa shape index (κ1) is 21.5. The highest BCUT2D eigenvalue weighted by Crippen LogP contribution is 2.30. The van der Waals surface area contributed by atoms with Gasteiger partial charge < -0.3 is 14.6 Å². The van der Waals surface area contributed by atoms with Gasteiger partial charge in [-0.15, -0.1) is 0 Å². The molecule has 0 radical (unpaired) electrons. The summed E-state index contributed by atoms with van der Waals surface area (Å²) in [5.74, 6) is -0.449. The molecule has 1 N–H and O–H groups in total. The number of hydrogen-bond acceptors (Lipinski definition) is 5. The van der Waals surface area contributed by atoms with E-state index in [1.807, 2.05) is 0 Å². The third kappa shape index (κ3) is 4.37. The number of halogens is 1. The maximum Gasteiger partial charge on any atom is 0.291 e. The van der Waals surface area contributed by atoms with E-state index in [1.165, 1.54) is 44.4 Å². The monoisotopic (exact) mass is 431 g/mol. The standard InChI is InChI=1S/C21H22FN3O4S/c1-24(2)18-10-9-16(30(27,28)25(3)4)13-17(18)23-21(26)20-12-11-19(29-20)14-5-7-15(22)8-6-14/h5-13H,1-4H3,(H,23,26). The van der Waals surface area contributed by atoms with Gasteiger partial charge in [0, 0.05) is 33.8 Å². The van der Waals surface area contributed by atoms with Gasteiger partial charge in [-0.25, -0.2) is 17.1 Å². The summed E-state index contributed by atoms with van der Waals surface area (Å²) in [6, 6.07) is 13.3. The average Bonchev–Trinajstić information content (AvgIpc) is 3.18. The van der Waals surface area contributed by atoms with Gasteiger partial charge in [0.15, 0.2) is 5.76 Å². The molecule has 9 heteroatoms. The third-order valence-corrected chi connectivity index (χ3v) is 6.25. The summed E-state index contributed by atoms with van der Waals surface area (Å²) in [4.78, 5) is 14.6. The molecular weight excluding hydrogens is 409 g/mol. The molecule has 0 aliphatic carbocycles. The molecular formula is C21H22FN3O4S. The Morgan fingerprint density at radius 2 is 1.63 bits per heavy atom. The van der Waals surface area contributed by atoms with Crippen LogP contribution >= 0.6 is 0 Å². The number of sulfonamides is 1. The molecule has 2 aromatic carbocycles. The first-order chi connectivity index (χ1) is 14.1. The Bertz CT molecular complexity index is 1170. The number of nitrogens with one attached hydrogen (secondary N) is 1. The second-order valence-corrected chi connectivity index (χ2v) is 9.14. The molecule has 0 aliphatic rings. The lowest BCUT2D eigenvalue weighted by Crippen LogP contribution is -2.23. The van der Waals surface area contributed by atoms with Gasteiger partial charge in [-0.2, -0.15) is 0 Å². The molecule has 0 spiro atoms. The summed E-state index contributed by atoms with van der Waals surface area (Å²) in [6.45, 7) is 0. The Morgan fingerprint density at radius 3 is 2.23 bits per heavy atom. The quantitative estimate of drug-likeness (QED) is 0.644. The van der Waals surface area contributed by atoms with Crippen molar-refractivity contribution in [3.05, 3.63) is 66.2 Å². The zero-order valence-corrected chi connectivity index (χ0v) is 17.8. The Kier molecular flexibility index (Phi) is 5.95. The molecule has 0 aliphatic heterocycles. The van der Waals surface area contributed by atoms with E-state index < -0.39 is 15.9 Å². The average molecular weight is 431 g/mol. The molecule has 0 atom stereocenters. The largest absolute Gasteiger partial charge is 0.451 e. The molecule has 7 nitrogen and oxygen atoms in total. The van der Waals surface area contributed by atoms with Crippen molar-refractivity contribution < 1.29 is 22.0 Å². The maximum absolute atomic E-state index is 13.1. The highest BCUT2D eigenvalue weighted by Gasteiger charge is 2.21. The van der Waals surface area contributed by atoms with Crippen LogP contribution < -0.4 is 10.2 Å². The zero-order valence-electron chi connectivity index (χ0n) is 17.0. The van der Waals surface area contributed by atoms with Crippen molar-refractivity contribution in [1.82, 2.24) is 4.31 Å². The first-order valence-electron chi connectivity index (χ1n) is 9.00. The molecule has 0 saturated carbocycles. The molecule has 0 fully saturated rings. The van der Waals surface area contributed by atoms with Gasteiger partial charge in [-0.1, -0.05) is 0 Å². The number of nitrogens with zero attached hydrogens (tertiary/aromatic N) is 2. The van der Waals surface area contributed by atoms with Crippen LogP contribution in [0, 0.1) is 5.82 Å². The number of anilines is 2. The van der Waals surface area contributed by atoms with Crippen LogP contribution in [0.15, 0.2) is 63.9 Å². The summed E-state index contributed by atoms with van der Waals surface area (Å²) < 4.78 is 44.7. The van der Waals surface area contributed by atoms with Crippen LogP contribution in [0.3, 0.4) is 0 Å². The number of carbonyl (C=O) groups is 1. The molecule has 1 heterocycles.